The van der Waals surface area contributed by atoms with Gasteiger partial charge < -0.3 is 4.90 Å². The van der Waals surface area contributed by atoms with E-state index in [1.807, 2.05) is 31.5 Å². The van der Waals surface area contributed by atoms with E-state index in [-0.39, 0.29) is 30.2 Å². The molecule has 0 saturated carbocycles. The molecule has 0 unspecified atom stereocenters. The zero-order chi connectivity index (χ0) is 21.1. The molecule has 2 aromatic heterocycles. The van der Waals surface area contributed by atoms with Gasteiger partial charge in [-0.1, -0.05) is 25.2 Å². The van der Waals surface area contributed by atoms with E-state index < -0.39 is 0 Å². The van der Waals surface area contributed by atoms with Crippen LogP contribution in [0.5, 0.6) is 0 Å². The summed E-state index contributed by atoms with van der Waals surface area (Å²) in [6.45, 7) is 13.3. The largest absolute Gasteiger partial charge is 0.302 e. The van der Waals surface area contributed by atoms with Crippen molar-refractivity contribution in [3.05, 3.63) is 41.5 Å². The Morgan fingerprint density at radius 1 is 1.20 bits per heavy atom. The van der Waals surface area contributed by atoms with Crippen LogP contribution in [0.2, 0.25) is 0 Å². The molecule has 0 aliphatic rings. The Balaban J connectivity index is 0.00000320. The van der Waals surface area contributed by atoms with Crippen LogP contribution in [0.4, 0.5) is 9.52 Å². The highest BCUT2D eigenvalue weighted by Gasteiger charge is 2.25. The van der Waals surface area contributed by atoms with Crippen molar-refractivity contribution in [2.24, 2.45) is 0 Å². The van der Waals surface area contributed by atoms with Crippen LogP contribution in [0.25, 0.3) is 10.2 Å². The van der Waals surface area contributed by atoms with Crippen LogP contribution in [0.3, 0.4) is 0 Å². The van der Waals surface area contributed by atoms with Crippen LogP contribution in [0, 0.1) is 12.7 Å². The number of aryl methyl sites for hydroxylation is 1. The molecule has 0 aliphatic heterocycles. The minimum atomic E-state index is -0.306. The van der Waals surface area contributed by atoms with Gasteiger partial charge in [0.15, 0.2) is 10.8 Å². The molecule has 0 saturated heterocycles. The lowest BCUT2D eigenvalue weighted by atomic mass is 10.3. The molecule has 0 bridgehead atoms. The van der Waals surface area contributed by atoms with Gasteiger partial charge in [0.1, 0.15) is 5.82 Å². The van der Waals surface area contributed by atoms with Crippen LogP contribution < -0.4 is 4.90 Å². The number of aromatic nitrogens is 3. The Morgan fingerprint density at radius 2 is 1.90 bits per heavy atom. The molecule has 0 radical (unpaired) electrons. The second kappa shape index (κ2) is 10.3. The minimum Gasteiger partial charge on any atom is -0.302 e. The van der Waals surface area contributed by atoms with E-state index in [0.29, 0.717) is 22.9 Å². The van der Waals surface area contributed by atoms with Crippen LogP contribution in [0.1, 0.15) is 49.9 Å². The summed E-state index contributed by atoms with van der Waals surface area (Å²) < 4.78 is 16.2. The van der Waals surface area contributed by atoms with E-state index in [1.165, 1.54) is 23.5 Å². The normalized spacial score (nSPS) is 11.3. The standard InChI is InChI=1S/C21H28FN5OS.ClH/c1-6-25(7-2)10-11-26(20(28)18-12-15(5)27(24-18)14(3)4)21-23-17-9-8-16(22)13-19(17)29-21;/h8-9,12-14H,6-7,10-11H2,1-5H3;1H. The first-order chi connectivity index (χ1) is 13.8. The maximum absolute atomic E-state index is 13.6. The van der Waals surface area contributed by atoms with Gasteiger partial charge >= 0.3 is 0 Å². The van der Waals surface area contributed by atoms with Gasteiger partial charge in [-0.05, 0) is 58.1 Å². The van der Waals surface area contributed by atoms with E-state index in [0.717, 1.165) is 30.0 Å². The number of anilines is 1. The number of hydrogen-bond donors (Lipinski definition) is 0. The van der Waals surface area contributed by atoms with Crippen LogP contribution in [-0.2, 0) is 0 Å². The molecule has 0 fully saturated rings. The SMILES string of the molecule is CCN(CC)CCN(C(=O)c1cc(C)n(C(C)C)n1)c1nc2ccc(F)cc2s1.Cl. The van der Waals surface area contributed by atoms with Gasteiger partial charge in [0.2, 0.25) is 0 Å². The average Bonchev–Trinajstić information content (AvgIpc) is 3.28. The van der Waals surface area contributed by atoms with Gasteiger partial charge in [0.05, 0.1) is 10.2 Å². The van der Waals surface area contributed by atoms with E-state index in [9.17, 15) is 9.18 Å². The molecule has 1 aromatic carbocycles. The van der Waals surface area contributed by atoms with Crippen molar-refractivity contribution in [3.63, 3.8) is 0 Å². The summed E-state index contributed by atoms with van der Waals surface area (Å²) in [6, 6.07) is 6.49. The Kier molecular flexibility index (Phi) is 8.34. The smallest absolute Gasteiger partial charge is 0.280 e. The Hall–Kier alpha value is -2.03. The molecule has 2 heterocycles. The molecule has 1 amide bonds. The maximum atomic E-state index is 13.6. The number of thiazole rings is 1. The number of halogens is 2. The summed E-state index contributed by atoms with van der Waals surface area (Å²) in [5.41, 5.74) is 2.04. The van der Waals surface area contributed by atoms with Crippen LogP contribution in [0.15, 0.2) is 24.3 Å². The minimum absolute atomic E-state index is 0. The van der Waals surface area contributed by atoms with E-state index in [4.69, 9.17) is 0 Å². The van der Waals surface area contributed by atoms with E-state index in [2.05, 4.69) is 28.8 Å². The van der Waals surface area contributed by atoms with E-state index in [1.54, 1.807) is 11.0 Å². The first kappa shape index (κ1) is 24.2. The monoisotopic (exact) mass is 453 g/mol. The van der Waals surface area contributed by atoms with Crippen molar-refractivity contribution in [1.82, 2.24) is 19.7 Å². The number of carbonyl (C=O) groups excluding carboxylic acids is 1. The number of hydrogen-bond acceptors (Lipinski definition) is 5. The third kappa shape index (κ3) is 5.17. The lowest BCUT2D eigenvalue weighted by Gasteiger charge is -2.24. The van der Waals surface area contributed by atoms with Crippen LogP contribution >= 0.6 is 23.7 Å². The first-order valence-corrected chi connectivity index (χ1v) is 10.8. The van der Waals surface area contributed by atoms with Gasteiger partial charge in [0.25, 0.3) is 5.91 Å². The van der Waals surface area contributed by atoms with Gasteiger partial charge in [0, 0.05) is 24.8 Å². The van der Waals surface area contributed by atoms with Crippen molar-refractivity contribution < 1.29 is 9.18 Å². The van der Waals surface area contributed by atoms with Crippen molar-refractivity contribution in [3.8, 4) is 0 Å². The highest BCUT2D eigenvalue weighted by atomic mass is 35.5. The molecule has 30 heavy (non-hydrogen) atoms. The van der Waals surface area contributed by atoms with E-state index >= 15 is 0 Å². The highest BCUT2D eigenvalue weighted by Crippen LogP contribution is 2.30. The summed E-state index contributed by atoms with van der Waals surface area (Å²) in [5.74, 6) is -0.487. The van der Waals surface area contributed by atoms with Crippen molar-refractivity contribution in [1.29, 1.82) is 0 Å². The number of rotatable bonds is 8. The van der Waals surface area contributed by atoms with Crippen molar-refractivity contribution in [2.75, 3.05) is 31.1 Å². The van der Waals surface area contributed by atoms with Gasteiger partial charge in [-0.25, -0.2) is 9.37 Å². The molecule has 6 nitrogen and oxygen atoms in total. The lowest BCUT2D eigenvalue weighted by Crippen LogP contribution is -2.39. The molecule has 164 valence electrons. The predicted molar refractivity (Wildman–Crippen MR) is 124 cm³/mol. The zero-order valence-electron chi connectivity index (χ0n) is 18.1. The summed E-state index contributed by atoms with van der Waals surface area (Å²) in [6.07, 6.45) is 0. The molecular weight excluding hydrogens is 425 g/mol. The third-order valence-electron chi connectivity index (χ3n) is 4.98. The number of fused-ring (bicyclic) bond motifs is 1. The Labute approximate surface area is 187 Å². The summed E-state index contributed by atoms with van der Waals surface area (Å²) in [7, 11) is 0. The zero-order valence-corrected chi connectivity index (χ0v) is 19.7. The molecule has 0 aliphatic carbocycles. The number of carbonyl (C=O) groups is 1. The van der Waals surface area contributed by atoms with Gasteiger partial charge in [-0.3, -0.25) is 14.4 Å². The Bertz CT molecular complexity index is 999. The fourth-order valence-corrected chi connectivity index (χ4v) is 4.34. The fraction of sp³-hybridized carbons (Fsp3) is 0.476. The number of nitrogens with zero attached hydrogens (tertiary/aromatic N) is 5. The molecule has 3 rings (SSSR count). The molecule has 0 spiro atoms. The maximum Gasteiger partial charge on any atom is 0.280 e. The second-order valence-corrected chi connectivity index (χ2v) is 8.31. The lowest BCUT2D eigenvalue weighted by molar-refractivity contribution is 0.0978. The number of benzene rings is 1. The highest BCUT2D eigenvalue weighted by molar-refractivity contribution is 7.22. The quantitative estimate of drug-likeness (QED) is 0.485. The number of likely N-dealkylation sites (N-methyl/N-ethyl adjacent to an activating group) is 1. The summed E-state index contributed by atoms with van der Waals surface area (Å²) >= 11 is 1.33. The topological polar surface area (TPSA) is 54.3 Å². The van der Waals surface area contributed by atoms with Crippen molar-refractivity contribution >= 4 is 45.0 Å². The summed E-state index contributed by atoms with van der Waals surface area (Å²) in [5, 5.41) is 5.09. The predicted octanol–water partition coefficient (Wildman–Crippen LogP) is 4.93. The average molecular weight is 454 g/mol. The second-order valence-electron chi connectivity index (χ2n) is 7.30. The molecule has 0 N–H and O–H groups in total. The van der Waals surface area contributed by atoms with Crippen molar-refractivity contribution in [2.45, 2.75) is 40.7 Å². The van der Waals surface area contributed by atoms with Gasteiger partial charge in [-0.2, -0.15) is 5.10 Å². The fourth-order valence-electron chi connectivity index (χ4n) is 3.32. The van der Waals surface area contributed by atoms with Gasteiger partial charge in [-0.15, -0.1) is 12.4 Å². The summed E-state index contributed by atoms with van der Waals surface area (Å²) in [4.78, 5) is 21.9. The third-order valence-corrected chi connectivity index (χ3v) is 6.02. The molecule has 9 heteroatoms. The molecule has 3 aromatic rings. The number of amides is 1. The Morgan fingerprint density at radius 3 is 2.50 bits per heavy atom. The molecular formula is C21H29ClFN5OS. The first-order valence-electron chi connectivity index (χ1n) is 10.0. The van der Waals surface area contributed by atoms with Crippen LogP contribution in [-0.4, -0.2) is 51.8 Å². The molecule has 0 atom stereocenters.